The van der Waals surface area contributed by atoms with Crippen molar-refractivity contribution in [3.8, 4) is 0 Å². The number of aromatic amines is 1. The number of rotatable bonds is 1. The Hall–Kier alpha value is -1.12. The van der Waals surface area contributed by atoms with E-state index in [1.54, 1.807) is 27.0 Å². The third kappa shape index (κ3) is 3.13. The zero-order valence-electron chi connectivity index (χ0n) is 11.9. The highest BCUT2D eigenvalue weighted by molar-refractivity contribution is 14.1. The smallest absolute Gasteiger partial charge is 0.417 e. The van der Waals surface area contributed by atoms with Gasteiger partial charge in [0, 0.05) is 5.92 Å². The predicted molar refractivity (Wildman–Crippen MR) is 80.9 cm³/mol. The van der Waals surface area contributed by atoms with E-state index in [2.05, 4.69) is 32.6 Å². The molecule has 7 heteroatoms. The topological polar surface area (TPSA) is 75.3 Å². The lowest BCUT2D eigenvalue weighted by molar-refractivity contribution is -0.130. The van der Waals surface area contributed by atoms with Crippen molar-refractivity contribution >= 4 is 34.6 Å². The molecule has 1 aliphatic rings. The summed E-state index contributed by atoms with van der Waals surface area (Å²) in [6.45, 7) is 7.15. The van der Waals surface area contributed by atoms with Crippen molar-refractivity contribution in [1.82, 2.24) is 14.9 Å². The number of carbonyl (C=O) groups excluding carboxylic acids is 2. The van der Waals surface area contributed by atoms with Gasteiger partial charge in [0.2, 0.25) is 5.91 Å². The Kier molecular flexibility index (Phi) is 4.08. The maximum absolute atomic E-state index is 12.2. The summed E-state index contributed by atoms with van der Waals surface area (Å²) in [6, 6.07) is -0.379. The number of nitrogens with one attached hydrogen (secondary N) is 1. The lowest BCUT2D eigenvalue weighted by atomic mass is 10.1. The van der Waals surface area contributed by atoms with Gasteiger partial charge in [-0.25, -0.2) is 14.7 Å². The number of carbonyl (C=O) groups is 2. The van der Waals surface area contributed by atoms with E-state index in [4.69, 9.17) is 4.74 Å². The highest BCUT2D eigenvalue weighted by atomic mass is 127. The summed E-state index contributed by atoms with van der Waals surface area (Å²) in [6.07, 6.45) is 1.63. The third-order valence-electron chi connectivity index (χ3n) is 3.02. The molecule has 1 aromatic rings. The standard InChI is InChI=1S/C13H18IN3O3/c1-7-5-8(10-15-6-9(14)16-10)17(11(7)18)12(19)20-13(2,3)4/h6-8H,5H2,1-4H3,(H,15,16). The lowest BCUT2D eigenvalue weighted by Crippen LogP contribution is -2.40. The fourth-order valence-corrected chi connectivity index (χ4v) is 2.59. The number of aromatic nitrogens is 2. The van der Waals surface area contributed by atoms with Crippen LogP contribution in [0.1, 0.15) is 46.0 Å². The quantitative estimate of drug-likeness (QED) is 0.748. The number of imidazole rings is 1. The Morgan fingerprint density at radius 1 is 1.55 bits per heavy atom. The Morgan fingerprint density at radius 2 is 2.20 bits per heavy atom. The number of halogens is 1. The van der Waals surface area contributed by atoms with Crippen LogP contribution < -0.4 is 0 Å². The maximum Gasteiger partial charge on any atom is 0.417 e. The number of nitrogens with zero attached hydrogens (tertiary/aromatic N) is 2. The Balaban J connectivity index is 2.27. The van der Waals surface area contributed by atoms with Crippen LogP contribution in [-0.2, 0) is 9.53 Å². The Bertz CT molecular complexity index is 535. The van der Waals surface area contributed by atoms with Gasteiger partial charge in [0.25, 0.3) is 0 Å². The minimum atomic E-state index is -0.634. The van der Waals surface area contributed by atoms with E-state index in [1.807, 2.05) is 6.92 Å². The van der Waals surface area contributed by atoms with Crippen LogP contribution in [0.2, 0.25) is 0 Å². The van der Waals surface area contributed by atoms with Crippen molar-refractivity contribution in [2.45, 2.75) is 45.8 Å². The summed E-state index contributed by atoms with van der Waals surface area (Å²) in [5.74, 6) is 0.198. The average molecular weight is 391 g/mol. The molecule has 0 aliphatic carbocycles. The first-order valence-corrected chi connectivity index (χ1v) is 7.53. The summed E-state index contributed by atoms with van der Waals surface area (Å²) in [7, 11) is 0. The van der Waals surface area contributed by atoms with Gasteiger partial charge < -0.3 is 9.72 Å². The van der Waals surface area contributed by atoms with Crippen molar-refractivity contribution in [2.75, 3.05) is 0 Å². The molecule has 1 N–H and O–H groups in total. The number of hydrogen-bond donors (Lipinski definition) is 1. The zero-order chi connectivity index (χ0) is 15.1. The Labute approximate surface area is 131 Å². The second kappa shape index (κ2) is 5.34. The molecule has 2 amide bonds. The molecule has 1 aliphatic heterocycles. The first-order chi connectivity index (χ1) is 9.19. The van der Waals surface area contributed by atoms with Crippen molar-refractivity contribution in [3.05, 3.63) is 15.7 Å². The second-order valence-corrected chi connectivity index (χ2v) is 7.12. The number of hydrogen-bond acceptors (Lipinski definition) is 4. The van der Waals surface area contributed by atoms with E-state index in [-0.39, 0.29) is 17.9 Å². The fraction of sp³-hybridized carbons (Fsp3) is 0.615. The first kappa shape index (κ1) is 15.3. The van der Waals surface area contributed by atoms with Gasteiger partial charge >= 0.3 is 6.09 Å². The number of H-pyrrole nitrogens is 1. The minimum Gasteiger partial charge on any atom is -0.443 e. The number of imide groups is 1. The van der Waals surface area contributed by atoms with Gasteiger partial charge in [-0.1, -0.05) is 6.92 Å². The SMILES string of the molecule is CC1CC(c2ncc(I)[nH]2)N(C(=O)OC(C)(C)C)C1=O. The number of likely N-dealkylation sites (tertiary alicyclic amines) is 1. The molecule has 1 fully saturated rings. The van der Waals surface area contributed by atoms with Crippen LogP contribution in [0.25, 0.3) is 0 Å². The summed E-state index contributed by atoms with van der Waals surface area (Å²) in [4.78, 5) is 32.9. The van der Waals surface area contributed by atoms with Crippen LogP contribution in [0.15, 0.2) is 6.20 Å². The van der Waals surface area contributed by atoms with Crippen molar-refractivity contribution in [3.63, 3.8) is 0 Å². The molecule has 2 heterocycles. The van der Waals surface area contributed by atoms with Crippen LogP contribution in [0.3, 0.4) is 0 Å². The van der Waals surface area contributed by atoms with Crippen LogP contribution in [0.4, 0.5) is 4.79 Å². The van der Waals surface area contributed by atoms with Gasteiger partial charge in [0.15, 0.2) is 0 Å². The van der Waals surface area contributed by atoms with E-state index < -0.39 is 11.7 Å². The van der Waals surface area contributed by atoms with Gasteiger partial charge in [-0.15, -0.1) is 0 Å². The molecule has 1 aromatic heterocycles. The normalized spacial score (nSPS) is 23.2. The van der Waals surface area contributed by atoms with Crippen molar-refractivity contribution in [1.29, 1.82) is 0 Å². The molecule has 0 aromatic carbocycles. The van der Waals surface area contributed by atoms with Crippen LogP contribution in [0, 0.1) is 9.62 Å². The molecule has 2 rings (SSSR count). The zero-order valence-corrected chi connectivity index (χ0v) is 14.1. The van der Waals surface area contributed by atoms with Crippen LogP contribution in [0.5, 0.6) is 0 Å². The molecule has 0 bridgehead atoms. The van der Waals surface area contributed by atoms with Gasteiger partial charge in [-0.3, -0.25) is 4.79 Å². The van der Waals surface area contributed by atoms with Gasteiger partial charge in [0.05, 0.1) is 9.90 Å². The molecule has 0 saturated carbocycles. The lowest BCUT2D eigenvalue weighted by Gasteiger charge is -2.26. The summed E-state index contributed by atoms with van der Waals surface area (Å²) < 4.78 is 6.19. The van der Waals surface area contributed by atoms with E-state index >= 15 is 0 Å². The van der Waals surface area contributed by atoms with E-state index in [0.717, 1.165) is 3.70 Å². The predicted octanol–water partition coefficient (Wildman–Crippen LogP) is 2.86. The molecule has 2 unspecified atom stereocenters. The summed E-state index contributed by atoms with van der Waals surface area (Å²) in [5.41, 5.74) is -0.634. The first-order valence-electron chi connectivity index (χ1n) is 6.45. The third-order valence-corrected chi connectivity index (χ3v) is 3.57. The summed E-state index contributed by atoms with van der Waals surface area (Å²) >= 11 is 2.11. The number of amides is 2. The van der Waals surface area contributed by atoms with Gasteiger partial charge in [-0.05, 0) is 49.8 Å². The highest BCUT2D eigenvalue weighted by Gasteiger charge is 2.44. The molecular weight excluding hydrogens is 373 g/mol. The van der Waals surface area contributed by atoms with E-state index in [0.29, 0.717) is 12.2 Å². The molecule has 2 atom stereocenters. The molecule has 110 valence electrons. The molecular formula is C13H18IN3O3. The molecule has 0 spiro atoms. The van der Waals surface area contributed by atoms with Gasteiger partial charge in [0.1, 0.15) is 17.5 Å². The molecule has 20 heavy (non-hydrogen) atoms. The highest BCUT2D eigenvalue weighted by Crippen LogP contribution is 2.36. The van der Waals surface area contributed by atoms with Crippen LogP contribution >= 0.6 is 22.6 Å². The molecule has 6 nitrogen and oxygen atoms in total. The average Bonchev–Trinajstić information content (AvgIpc) is 2.82. The van der Waals surface area contributed by atoms with Crippen LogP contribution in [-0.4, -0.2) is 32.5 Å². The largest absolute Gasteiger partial charge is 0.443 e. The van der Waals surface area contributed by atoms with Crippen molar-refractivity contribution in [2.24, 2.45) is 5.92 Å². The minimum absolute atomic E-state index is 0.212. The second-order valence-electron chi connectivity index (χ2n) is 5.96. The summed E-state index contributed by atoms with van der Waals surface area (Å²) in [5, 5.41) is 0. The monoisotopic (exact) mass is 391 g/mol. The molecule has 1 saturated heterocycles. The van der Waals surface area contributed by atoms with E-state index in [1.165, 1.54) is 4.90 Å². The van der Waals surface area contributed by atoms with Gasteiger partial charge in [-0.2, -0.15) is 0 Å². The van der Waals surface area contributed by atoms with E-state index in [9.17, 15) is 9.59 Å². The number of ether oxygens (including phenoxy) is 1. The molecule has 0 radical (unpaired) electrons. The fourth-order valence-electron chi connectivity index (χ4n) is 2.18. The Morgan fingerprint density at radius 3 is 2.70 bits per heavy atom. The van der Waals surface area contributed by atoms with Crippen molar-refractivity contribution < 1.29 is 14.3 Å². The maximum atomic E-state index is 12.2.